The van der Waals surface area contributed by atoms with Crippen LogP contribution in [0.1, 0.15) is 35.2 Å². The number of piperidine rings is 1. The molecule has 1 fully saturated rings. The Bertz CT molecular complexity index is 484. The van der Waals surface area contributed by atoms with Crippen LogP contribution in [0.3, 0.4) is 0 Å². The number of likely N-dealkylation sites (tertiary alicyclic amines) is 1. The smallest absolute Gasteiger partial charge is 0.335 e. The lowest BCUT2D eigenvalue weighted by molar-refractivity contribution is -0.268. The Labute approximate surface area is 105 Å². The van der Waals surface area contributed by atoms with Crippen LogP contribution in [0.15, 0.2) is 18.2 Å². The van der Waals surface area contributed by atoms with Crippen LogP contribution in [-0.2, 0) is 11.3 Å². The Kier molecular flexibility index (Phi) is 3.50. The third-order valence-electron chi connectivity index (χ3n) is 3.07. The van der Waals surface area contributed by atoms with Gasteiger partial charge < -0.3 is 15.1 Å². The summed E-state index contributed by atoms with van der Waals surface area (Å²) in [4.78, 5) is 24.2. The summed E-state index contributed by atoms with van der Waals surface area (Å²) in [5.41, 5.74) is 0.444. The number of hydrogen-bond acceptors (Lipinski definition) is 3. The van der Waals surface area contributed by atoms with Gasteiger partial charge in [0.2, 0.25) is 5.91 Å². The number of carboxylic acid groups (broad SMARTS) is 1. The van der Waals surface area contributed by atoms with E-state index < -0.39 is 11.7 Å². The summed E-state index contributed by atoms with van der Waals surface area (Å²) in [5.74, 6) is -1.65. The van der Waals surface area contributed by atoms with Crippen LogP contribution in [0.25, 0.3) is 0 Å². The molecule has 18 heavy (non-hydrogen) atoms. The highest BCUT2D eigenvalue weighted by Crippen LogP contribution is 2.19. The molecule has 0 bridgehead atoms. The van der Waals surface area contributed by atoms with Gasteiger partial charge in [-0.25, -0.2) is 4.79 Å². The van der Waals surface area contributed by atoms with Gasteiger partial charge in [-0.15, -0.1) is 0 Å². The number of rotatable bonds is 3. The third-order valence-corrected chi connectivity index (χ3v) is 3.07. The Hall–Kier alpha value is -2.04. The lowest BCUT2D eigenvalue weighted by atomic mass is 10.1. The van der Waals surface area contributed by atoms with Gasteiger partial charge in [0.15, 0.2) is 0 Å². The molecule has 0 aliphatic carbocycles. The molecular weight excluding hydrogens is 234 g/mol. The van der Waals surface area contributed by atoms with Crippen LogP contribution >= 0.6 is 0 Å². The highest BCUT2D eigenvalue weighted by atomic mass is 16.4. The van der Waals surface area contributed by atoms with Gasteiger partial charge in [-0.3, -0.25) is 4.79 Å². The molecule has 5 nitrogen and oxygen atoms in total. The van der Waals surface area contributed by atoms with E-state index in [-0.39, 0.29) is 11.5 Å². The van der Waals surface area contributed by atoms with Crippen LogP contribution in [0.5, 0.6) is 5.75 Å². The fourth-order valence-electron chi connectivity index (χ4n) is 2.09. The van der Waals surface area contributed by atoms with Crippen LogP contribution in [0.4, 0.5) is 0 Å². The Morgan fingerprint density at radius 3 is 2.83 bits per heavy atom. The molecule has 1 aromatic rings. The zero-order valence-electron chi connectivity index (χ0n) is 9.89. The van der Waals surface area contributed by atoms with Crippen molar-refractivity contribution < 1.29 is 19.8 Å². The minimum Gasteiger partial charge on any atom is -0.872 e. The summed E-state index contributed by atoms with van der Waals surface area (Å²) in [5, 5.41) is 20.2. The van der Waals surface area contributed by atoms with E-state index >= 15 is 0 Å². The van der Waals surface area contributed by atoms with Gasteiger partial charge >= 0.3 is 5.97 Å². The summed E-state index contributed by atoms with van der Waals surface area (Å²) in [7, 11) is 0. The lowest BCUT2D eigenvalue weighted by Gasteiger charge is -2.27. The van der Waals surface area contributed by atoms with Gasteiger partial charge in [0.25, 0.3) is 0 Å². The SMILES string of the molecule is O=C(O)c1cc(CN2CCCCC2=O)ccc1[O-]. The van der Waals surface area contributed by atoms with E-state index in [2.05, 4.69) is 0 Å². The van der Waals surface area contributed by atoms with Crippen molar-refractivity contribution in [2.24, 2.45) is 0 Å². The summed E-state index contributed by atoms with van der Waals surface area (Å²) in [6, 6.07) is 4.18. The molecule has 2 rings (SSSR count). The molecule has 0 saturated carbocycles. The van der Waals surface area contributed by atoms with Crippen molar-refractivity contribution in [3.05, 3.63) is 29.3 Å². The molecule has 1 saturated heterocycles. The van der Waals surface area contributed by atoms with Gasteiger partial charge in [-0.2, -0.15) is 0 Å². The number of carboxylic acids is 1. The van der Waals surface area contributed by atoms with Crippen molar-refractivity contribution in [2.75, 3.05) is 6.54 Å². The average molecular weight is 248 g/mol. The van der Waals surface area contributed by atoms with E-state index in [1.54, 1.807) is 11.0 Å². The van der Waals surface area contributed by atoms with Crippen molar-refractivity contribution in [1.29, 1.82) is 0 Å². The summed E-state index contributed by atoms with van der Waals surface area (Å²) in [6.45, 7) is 1.07. The van der Waals surface area contributed by atoms with E-state index in [0.29, 0.717) is 25.1 Å². The highest BCUT2D eigenvalue weighted by molar-refractivity contribution is 5.90. The molecule has 96 valence electrons. The van der Waals surface area contributed by atoms with E-state index in [0.717, 1.165) is 12.8 Å². The third kappa shape index (κ3) is 2.61. The summed E-state index contributed by atoms with van der Waals surface area (Å²) in [6.07, 6.45) is 2.43. The van der Waals surface area contributed by atoms with Crippen molar-refractivity contribution in [3.63, 3.8) is 0 Å². The average Bonchev–Trinajstić information content (AvgIpc) is 2.34. The van der Waals surface area contributed by atoms with Gasteiger partial charge in [0.1, 0.15) is 0 Å². The quantitative estimate of drug-likeness (QED) is 0.864. The first-order valence-corrected chi connectivity index (χ1v) is 5.89. The number of aromatic carboxylic acids is 1. The van der Waals surface area contributed by atoms with Crippen molar-refractivity contribution >= 4 is 11.9 Å². The molecular formula is C13H14NO4-. The highest BCUT2D eigenvalue weighted by Gasteiger charge is 2.18. The first-order chi connectivity index (χ1) is 8.58. The van der Waals surface area contributed by atoms with Gasteiger partial charge in [-0.1, -0.05) is 17.9 Å². The van der Waals surface area contributed by atoms with E-state index in [4.69, 9.17) is 5.11 Å². The number of hydrogen-bond donors (Lipinski definition) is 1. The Morgan fingerprint density at radius 1 is 1.39 bits per heavy atom. The fourth-order valence-corrected chi connectivity index (χ4v) is 2.09. The van der Waals surface area contributed by atoms with Crippen LogP contribution in [0.2, 0.25) is 0 Å². The second-order valence-electron chi connectivity index (χ2n) is 4.41. The largest absolute Gasteiger partial charge is 0.872 e. The molecule has 0 spiro atoms. The molecule has 1 aromatic carbocycles. The fraction of sp³-hybridized carbons (Fsp3) is 0.385. The van der Waals surface area contributed by atoms with Crippen LogP contribution in [0, 0.1) is 0 Å². The molecule has 0 aromatic heterocycles. The number of carbonyl (C=O) groups is 2. The Balaban J connectivity index is 2.16. The molecule has 1 aliphatic heterocycles. The minimum atomic E-state index is -1.23. The second kappa shape index (κ2) is 5.08. The van der Waals surface area contributed by atoms with E-state index in [9.17, 15) is 14.7 Å². The summed E-state index contributed by atoms with van der Waals surface area (Å²) >= 11 is 0. The molecule has 1 aliphatic rings. The zero-order chi connectivity index (χ0) is 13.1. The first-order valence-electron chi connectivity index (χ1n) is 5.89. The first kappa shape index (κ1) is 12.4. The lowest BCUT2D eigenvalue weighted by Crippen LogP contribution is -2.34. The van der Waals surface area contributed by atoms with E-state index in [1.165, 1.54) is 12.1 Å². The maximum absolute atomic E-state index is 11.6. The van der Waals surface area contributed by atoms with Crippen molar-refractivity contribution in [1.82, 2.24) is 4.90 Å². The predicted molar refractivity (Wildman–Crippen MR) is 62.1 cm³/mol. The van der Waals surface area contributed by atoms with Crippen LogP contribution < -0.4 is 5.11 Å². The van der Waals surface area contributed by atoms with Crippen molar-refractivity contribution in [3.8, 4) is 5.75 Å². The molecule has 1 amide bonds. The standard InChI is InChI=1S/C13H15NO4/c15-11-5-4-9(7-10(11)13(17)18)8-14-6-2-1-3-12(14)16/h4-5,7,15H,1-3,6,8H2,(H,17,18)/p-1. The molecule has 5 heteroatoms. The molecule has 1 N–H and O–H groups in total. The predicted octanol–water partition coefficient (Wildman–Crippen LogP) is 0.971. The van der Waals surface area contributed by atoms with Gasteiger partial charge in [0, 0.05) is 19.5 Å². The number of benzene rings is 1. The van der Waals surface area contributed by atoms with E-state index in [1.807, 2.05) is 0 Å². The van der Waals surface area contributed by atoms with Crippen molar-refractivity contribution in [2.45, 2.75) is 25.8 Å². The normalized spacial score (nSPS) is 15.8. The molecule has 1 heterocycles. The second-order valence-corrected chi connectivity index (χ2v) is 4.41. The topological polar surface area (TPSA) is 80.7 Å². The van der Waals surface area contributed by atoms with Gasteiger partial charge in [0.05, 0.1) is 5.56 Å². The number of nitrogens with zero attached hydrogens (tertiary/aromatic N) is 1. The van der Waals surface area contributed by atoms with Gasteiger partial charge in [-0.05, 0) is 24.5 Å². The maximum atomic E-state index is 11.6. The number of amides is 1. The number of carbonyl (C=O) groups excluding carboxylic acids is 1. The Morgan fingerprint density at radius 2 is 2.17 bits per heavy atom. The zero-order valence-corrected chi connectivity index (χ0v) is 9.89. The molecule has 0 radical (unpaired) electrons. The molecule has 0 atom stereocenters. The summed E-state index contributed by atoms with van der Waals surface area (Å²) < 4.78 is 0. The molecule has 0 unspecified atom stereocenters. The minimum absolute atomic E-state index is 0.0873. The van der Waals surface area contributed by atoms with Crippen LogP contribution in [-0.4, -0.2) is 28.4 Å². The maximum Gasteiger partial charge on any atom is 0.335 e. The monoisotopic (exact) mass is 248 g/mol.